The normalized spacial score (nSPS) is 11.9. The highest BCUT2D eigenvalue weighted by atomic mass is 16.6. The Morgan fingerprint density at radius 3 is 2.63 bits per heavy atom. The van der Waals surface area contributed by atoms with E-state index in [-0.39, 0.29) is 6.10 Å². The second-order valence-corrected chi connectivity index (χ2v) is 4.35. The molecule has 1 unspecified atom stereocenters. The fraction of sp³-hybridized carbons (Fsp3) is 0.286. The molecule has 1 heterocycles. The van der Waals surface area contributed by atoms with E-state index in [0.29, 0.717) is 5.69 Å². The van der Waals surface area contributed by atoms with Crippen LogP contribution in [-0.4, -0.2) is 15.9 Å². The molecule has 0 aliphatic carbocycles. The van der Waals surface area contributed by atoms with Crippen LogP contribution in [0.4, 0.5) is 10.5 Å². The molecular formula is C14H17N3O2. The number of aryl methyl sites for hydroxylation is 1. The number of anilines is 1. The summed E-state index contributed by atoms with van der Waals surface area (Å²) in [4.78, 5) is 11.8. The quantitative estimate of drug-likeness (QED) is 0.921. The second-order valence-electron chi connectivity index (χ2n) is 4.35. The number of benzene rings is 1. The van der Waals surface area contributed by atoms with E-state index in [9.17, 15) is 4.79 Å². The molecule has 19 heavy (non-hydrogen) atoms. The van der Waals surface area contributed by atoms with Crippen LogP contribution in [0.1, 0.15) is 24.3 Å². The van der Waals surface area contributed by atoms with Crippen molar-refractivity contribution < 1.29 is 9.53 Å². The van der Waals surface area contributed by atoms with Gasteiger partial charge in [0.1, 0.15) is 6.10 Å². The van der Waals surface area contributed by atoms with E-state index in [1.54, 1.807) is 10.9 Å². The lowest BCUT2D eigenvalue weighted by Crippen LogP contribution is -2.16. The second kappa shape index (κ2) is 5.56. The van der Waals surface area contributed by atoms with Gasteiger partial charge in [-0.15, -0.1) is 0 Å². The predicted molar refractivity (Wildman–Crippen MR) is 72.9 cm³/mol. The summed E-state index contributed by atoms with van der Waals surface area (Å²) in [6.07, 6.45) is 0.828. The highest BCUT2D eigenvalue weighted by molar-refractivity contribution is 5.85. The van der Waals surface area contributed by atoms with Gasteiger partial charge >= 0.3 is 6.09 Å². The SMILES string of the molecule is Cc1c(NC(=O)OC(C)c2ccccc2)cnn1C. The van der Waals surface area contributed by atoms with E-state index in [2.05, 4.69) is 10.4 Å². The molecule has 0 radical (unpaired) electrons. The maximum Gasteiger partial charge on any atom is 0.412 e. The Kier molecular flexibility index (Phi) is 3.85. The van der Waals surface area contributed by atoms with E-state index >= 15 is 0 Å². The van der Waals surface area contributed by atoms with Crippen LogP contribution in [0, 0.1) is 6.92 Å². The van der Waals surface area contributed by atoms with Gasteiger partial charge in [-0.25, -0.2) is 4.79 Å². The number of aromatic nitrogens is 2. The number of carbonyl (C=O) groups is 1. The first-order valence-electron chi connectivity index (χ1n) is 6.09. The monoisotopic (exact) mass is 259 g/mol. The van der Waals surface area contributed by atoms with Gasteiger partial charge in [0.15, 0.2) is 0 Å². The van der Waals surface area contributed by atoms with Crippen LogP contribution < -0.4 is 5.32 Å². The van der Waals surface area contributed by atoms with Gasteiger partial charge in [0, 0.05) is 7.05 Å². The smallest absolute Gasteiger partial charge is 0.412 e. The molecule has 0 spiro atoms. The first kappa shape index (κ1) is 13.1. The minimum Gasteiger partial charge on any atom is -0.441 e. The number of hydrogen-bond acceptors (Lipinski definition) is 3. The molecule has 1 atom stereocenters. The van der Waals surface area contributed by atoms with E-state index in [0.717, 1.165) is 11.3 Å². The summed E-state index contributed by atoms with van der Waals surface area (Å²) in [5.74, 6) is 0. The summed E-state index contributed by atoms with van der Waals surface area (Å²) in [6, 6.07) is 9.60. The zero-order valence-electron chi connectivity index (χ0n) is 11.3. The van der Waals surface area contributed by atoms with E-state index < -0.39 is 6.09 Å². The van der Waals surface area contributed by atoms with Crippen molar-refractivity contribution in [3.05, 3.63) is 47.8 Å². The molecule has 0 bridgehead atoms. The standard InChI is InChI=1S/C14H17N3O2/c1-10-13(9-15-17(10)3)16-14(18)19-11(2)12-7-5-4-6-8-12/h4-9,11H,1-3H3,(H,16,18). The number of rotatable bonds is 3. The van der Waals surface area contributed by atoms with Gasteiger partial charge in [0.05, 0.1) is 17.6 Å². The maximum absolute atomic E-state index is 11.8. The summed E-state index contributed by atoms with van der Waals surface area (Å²) in [7, 11) is 1.82. The lowest BCUT2D eigenvalue weighted by molar-refractivity contribution is 0.121. The van der Waals surface area contributed by atoms with Crippen LogP contribution in [0.3, 0.4) is 0 Å². The third-order valence-corrected chi connectivity index (χ3v) is 3.02. The molecule has 5 heteroatoms. The molecule has 1 amide bonds. The summed E-state index contributed by atoms with van der Waals surface area (Å²) in [5, 5.41) is 6.74. The minimum atomic E-state index is -0.479. The van der Waals surface area contributed by atoms with Crippen molar-refractivity contribution in [2.45, 2.75) is 20.0 Å². The van der Waals surface area contributed by atoms with Crippen molar-refractivity contribution >= 4 is 11.8 Å². The van der Waals surface area contributed by atoms with Crippen molar-refractivity contribution in [3.63, 3.8) is 0 Å². The van der Waals surface area contributed by atoms with Gasteiger partial charge in [0.25, 0.3) is 0 Å². The average Bonchev–Trinajstić information content (AvgIpc) is 2.71. The van der Waals surface area contributed by atoms with Gasteiger partial charge < -0.3 is 4.74 Å². The number of nitrogens with one attached hydrogen (secondary N) is 1. The molecular weight excluding hydrogens is 242 g/mol. The predicted octanol–water partition coefficient (Wildman–Crippen LogP) is 3.04. The Labute approximate surface area is 112 Å². The number of nitrogens with zero attached hydrogens (tertiary/aromatic N) is 2. The molecule has 0 aliphatic heterocycles. The third kappa shape index (κ3) is 3.13. The molecule has 0 aliphatic rings. The summed E-state index contributed by atoms with van der Waals surface area (Å²) < 4.78 is 7.01. The van der Waals surface area contributed by atoms with Gasteiger partial charge in [-0.05, 0) is 19.4 Å². The van der Waals surface area contributed by atoms with Crippen LogP contribution in [0.5, 0.6) is 0 Å². The van der Waals surface area contributed by atoms with Crippen LogP contribution in [0.25, 0.3) is 0 Å². The van der Waals surface area contributed by atoms with Crippen LogP contribution in [-0.2, 0) is 11.8 Å². The number of hydrogen-bond donors (Lipinski definition) is 1. The van der Waals surface area contributed by atoms with Crippen molar-refractivity contribution in [3.8, 4) is 0 Å². The number of ether oxygens (including phenoxy) is 1. The first-order valence-corrected chi connectivity index (χ1v) is 6.09. The van der Waals surface area contributed by atoms with E-state index in [4.69, 9.17) is 4.74 Å². The van der Waals surface area contributed by atoms with Crippen molar-refractivity contribution in [1.82, 2.24) is 9.78 Å². The fourth-order valence-electron chi connectivity index (χ4n) is 1.71. The fourth-order valence-corrected chi connectivity index (χ4v) is 1.71. The topological polar surface area (TPSA) is 56.1 Å². The Morgan fingerprint density at radius 1 is 1.37 bits per heavy atom. The maximum atomic E-state index is 11.8. The number of carbonyl (C=O) groups excluding carboxylic acids is 1. The Hall–Kier alpha value is -2.30. The Balaban J connectivity index is 1.97. The van der Waals surface area contributed by atoms with Crippen molar-refractivity contribution in [2.24, 2.45) is 7.05 Å². The third-order valence-electron chi connectivity index (χ3n) is 3.02. The van der Waals surface area contributed by atoms with Gasteiger partial charge in [-0.3, -0.25) is 10.00 Å². The largest absolute Gasteiger partial charge is 0.441 e. The van der Waals surface area contributed by atoms with Crippen molar-refractivity contribution in [1.29, 1.82) is 0 Å². The van der Waals surface area contributed by atoms with E-state index in [1.165, 1.54) is 0 Å². The molecule has 1 aromatic heterocycles. The van der Waals surface area contributed by atoms with Crippen molar-refractivity contribution in [2.75, 3.05) is 5.32 Å². The molecule has 100 valence electrons. The number of amides is 1. The average molecular weight is 259 g/mol. The Bertz CT molecular complexity index is 563. The molecule has 0 saturated heterocycles. The van der Waals surface area contributed by atoms with E-state index in [1.807, 2.05) is 51.2 Å². The molecule has 0 fully saturated rings. The van der Waals surface area contributed by atoms with Crippen LogP contribution in [0.15, 0.2) is 36.5 Å². The highest BCUT2D eigenvalue weighted by Crippen LogP contribution is 2.18. The summed E-state index contributed by atoms with van der Waals surface area (Å²) in [6.45, 7) is 3.72. The van der Waals surface area contributed by atoms with Gasteiger partial charge in [-0.2, -0.15) is 5.10 Å². The van der Waals surface area contributed by atoms with Gasteiger partial charge in [0.2, 0.25) is 0 Å². The minimum absolute atomic E-state index is 0.293. The molecule has 5 nitrogen and oxygen atoms in total. The Morgan fingerprint density at radius 2 is 2.05 bits per heavy atom. The molecule has 0 saturated carbocycles. The zero-order chi connectivity index (χ0) is 13.8. The summed E-state index contributed by atoms with van der Waals surface area (Å²) >= 11 is 0. The van der Waals surface area contributed by atoms with Crippen LogP contribution >= 0.6 is 0 Å². The molecule has 1 aromatic carbocycles. The summed E-state index contributed by atoms with van der Waals surface area (Å²) in [5.41, 5.74) is 2.50. The van der Waals surface area contributed by atoms with Gasteiger partial charge in [-0.1, -0.05) is 30.3 Å². The molecule has 1 N–H and O–H groups in total. The highest BCUT2D eigenvalue weighted by Gasteiger charge is 2.13. The van der Waals surface area contributed by atoms with Crippen LogP contribution in [0.2, 0.25) is 0 Å². The first-order chi connectivity index (χ1) is 9.08. The molecule has 2 rings (SSSR count). The zero-order valence-corrected chi connectivity index (χ0v) is 11.3. The molecule has 2 aromatic rings. The lowest BCUT2D eigenvalue weighted by atomic mass is 10.1. The lowest BCUT2D eigenvalue weighted by Gasteiger charge is -2.13.